The topological polar surface area (TPSA) is 105 Å². The van der Waals surface area contributed by atoms with Crippen molar-refractivity contribution in [1.29, 1.82) is 0 Å². The molecule has 3 aromatic heterocycles. The number of aromatic nitrogens is 2. The zero-order chi connectivity index (χ0) is 23.2. The molecular formula is C22H22N4O4S2. The number of nitrogens with one attached hydrogen (secondary N) is 1. The summed E-state index contributed by atoms with van der Waals surface area (Å²) in [6, 6.07) is 10.3. The van der Waals surface area contributed by atoms with Crippen LogP contribution in [0.5, 0.6) is 0 Å². The maximum absolute atomic E-state index is 13.3. The Morgan fingerprint density at radius 3 is 2.50 bits per heavy atom. The van der Waals surface area contributed by atoms with Gasteiger partial charge < -0.3 is 9.84 Å². The number of fused-ring (bicyclic) bond motifs is 1. The summed E-state index contributed by atoms with van der Waals surface area (Å²) in [5, 5.41) is 7.35. The molecule has 0 spiro atoms. The highest BCUT2D eigenvalue weighted by molar-refractivity contribution is 7.89. The highest BCUT2D eigenvalue weighted by atomic mass is 32.2. The van der Waals surface area contributed by atoms with E-state index in [9.17, 15) is 13.2 Å². The van der Waals surface area contributed by atoms with Crippen LogP contribution in [0.2, 0.25) is 0 Å². The number of sulfonamides is 1. The lowest BCUT2D eigenvalue weighted by atomic mass is 10.1. The van der Waals surface area contributed by atoms with E-state index in [1.165, 1.54) is 26.2 Å². The second-order valence-corrected chi connectivity index (χ2v) is 11.1. The summed E-state index contributed by atoms with van der Waals surface area (Å²) in [5.74, 6) is -0.402. The van der Waals surface area contributed by atoms with Crippen LogP contribution in [0, 0.1) is 20.8 Å². The Bertz CT molecular complexity index is 1450. The lowest BCUT2D eigenvalue weighted by Crippen LogP contribution is -2.22. The van der Waals surface area contributed by atoms with E-state index < -0.39 is 15.9 Å². The van der Waals surface area contributed by atoms with Gasteiger partial charge in [-0.3, -0.25) is 4.79 Å². The van der Waals surface area contributed by atoms with Crippen molar-refractivity contribution in [3.05, 3.63) is 58.1 Å². The van der Waals surface area contributed by atoms with E-state index in [1.54, 1.807) is 37.3 Å². The summed E-state index contributed by atoms with van der Waals surface area (Å²) < 4.78 is 31.5. The SMILES string of the molecule is Cc1ccc(-c2cc(C(=O)Nc3cc(S(=O)(=O)N(C)C)ccc3C)c3c(C)noc3n2)s1. The van der Waals surface area contributed by atoms with E-state index in [-0.39, 0.29) is 10.6 Å². The van der Waals surface area contributed by atoms with Crippen LogP contribution in [-0.2, 0) is 10.0 Å². The number of pyridine rings is 1. The molecule has 3 heterocycles. The van der Waals surface area contributed by atoms with Gasteiger partial charge in [0.05, 0.1) is 32.1 Å². The first-order chi connectivity index (χ1) is 15.1. The first kappa shape index (κ1) is 22.1. The van der Waals surface area contributed by atoms with Crippen LogP contribution in [0.1, 0.15) is 26.5 Å². The zero-order valence-corrected chi connectivity index (χ0v) is 19.9. The molecule has 0 radical (unpaired) electrons. The number of hydrogen-bond donors (Lipinski definition) is 1. The summed E-state index contributed by atoms with van der Waals surface area (Å²) in [5.41, 5.74) is 2.93. The Hall–Kier alpha value is -3.08. The van der Waals surface area contributed by atoms with E-state index in [0.29, 0.717) is 28.0 Å². The summed E-state index contributed by atoms with van der Waals surface area (Å²) in [7, 11) is -0.717. The van der Waals surface area contributed by atoms with Crippen molar-refractivity contribution in [1.82, 2.24) is 14.4 Å². The maximum Gasteiger partial charge on any atom is 0.259 e. The highest BCUT2D eigenvalue weighted by Gasteiger charge is 2.22. The van der Waals surface area contributed by atoms with Gasteiger partial charge in [0.15, 0.2) is 0 Å². The van der Waals surface area contributed by atoms with Crippen LogP contribution >= 0.6 is 11.3 Å². The molecule has 0 aliphatic heterocycles. The fourth-order valence-electron chi connectivity index (χ4n) is 3.27. The molecule has 0 unspecified atom stereocenters. The Labute approximate surface area is 189 Å². The monoisotopic (exact) mass is 470 g/mol. The third-order valence-electron chi connectivity index (χ3n) is 5.09. The van der Waals surface area contributed by atoms with Crippen LogP contribution in [0.25, 0.3) is 21.7 Å². The Balaban J connectivity index is 1.79. The minimum absolute atomic E-state index is 0.0965. The van der Waals surface area contributed by atoms with Crippen molar-refractivity contribution in [3.63, 3.8) is 0 Å². The quantitative estimate of drug-likeness (QED) is 0.464. The van der Waals surface area contributed by atoms with E-state index in [4.69, 9.17) is 4.52 Å². The number of aryl methyl sites for hydroxylation is 3. The number of thiophene rings is 1. The van der Waals surface area contributed by atoms with Gasteiger partial charge in [0.25, 0.3) is 11.6 Å². The predicted octanol–water partition coefficient (Wildman–Crippen LogP) is 4.38. The average molecular weight is 471 g/mol. The van der Waals surface area contributed by atoms with Gasteiger partial charge in [-0.2, -0.15) is 0 Å². The molecule has 0 saturated heterocycles. The summed E-state index contributed by atoms with van der Waals surface area (Å²) >= 11 is 1.56. The van der Waals surface area contributed by atoms with Gasteiger partial charge in [-0.25, -0.2) is 17.7 Å². The Kier molecular flexibility index (Phi) is 5.61. The van der Waals surface area contributed by atoms with Gasteiger partial charge in [-0.1, -0.05) is 11.2 Å². The number of benzene rings is 1. The molecule has 0 aliphatic rings. The van der Waals surface area contributed by atoms with Crippen molar-refractivity contribution in [2.75, 3.05) is 19.4 Å². The molecule has 0 aliphatic carbocycles. The molecule has 4 rings (SSSR count). The molecule has 8 nitrogen and oxygen atoms in total. The largest absolute Gasteiger partial charge is 0.335 e. The molecule has 0 atom stereocenters. The van der Waals surface area contributed by atoms with E-state index in [2.05, 4.69) is 15.5 Å². The first-order valence-electron chi connectivity index (χ1n) is 9.76. The van der Waals surface area contributed by atoms with Crippen LogP contribution in [0.3, 0.4) is 0 Å². The Morgan fingerprint density at radius 1 is 1.09 bits per heavy atom. The van der Waals surface area contributed by atoms with Gasteiger partial charge in [0, 0.05) is 24.7 Å². The third kappa shape index (κ3) is 3.92. The van der Waals surface area contributed by atoms with Crippen LogP contribution in [0.4, 0.5) is 5.69 Å². The van der Waals surface area contributed by atoms with E-state index in [0.717, 1.165) is 19.6 Å². The molecule has 1 N–H and O–H groups in total. The van der Waals surface area contributed by atoms with Gasteiger partial charge >= 0.3 is 0 Å². The molecule has 32 heavy (non-hydrogen) atoms. The molecule has 1 aromatic carbocycles. The van der Waals surface area contributed by atoms with Gasteiger partial charge in [-0.15, -0.1) is 11.3 Å². The number of nitrogens with zero attached hydrogens (tertiary/aromatic N) is 3. The molecule has 1 amide bonds. The minimum Gasteiger partial charge on any atom is -0.335 e. The van der Waals surface area contributed by atoms with Crippen LogP contribution in [-0.4, -0.2) is 42.9 Å². The van der Waals surface area contributed by atoms with Gasteiger partial charge in [0.2, 0.25) is 10.0 Å². The summed E-state index contributed by atoms with van der Waals surface area (Å²) in [6.07, 6.45) is 0. The number of amides is 1. The first-order valence-corrected chi connectivity index (χ1v) is 12.0. The molecule has 0 bridgehead atoms. The van der Waals surface area contributed by atoms with Gasteiger partial charge in [0.1, 0.15) is 0 Å². The second-order valence-electron chi connectivity index (χ2n) is 7.63. The number of carbonyl (C=O) groups excluding carboxylic acids is 1. The molecule has 10 heteroatoms. The van der Waals surface area contributed by atoms with Crippen molar-refractivity contribution in [2.24, 2.45) is 0 Å². The van der Waals surface area contributed by atoms with Crippen LogP contribution < -0.4 is 5.32 Å². The second kappa shape index (κ2) is 8.12. The summed E-state index contributed by atoms with van der Waals surface area (Å²) in [6.45, 7) is 5.54. The normalized spacial score (nSPS) is 11.9. The van der Waals surface area contributed by atoms with Crippen molar-refractivity contribution in [2.45, 2.75) is 25.7 Å². The zero-order valence-electron chi connectivity index (χ0n) is 18.3. The fourth-order valence-corrected chi connectivity index (χ4v) is 5.03. The van der Waals surface area contributed by atoms with E-state index in [1.807, 2.05) is 19.1 Å². The molecule has 0 fully saturated rings. The predicted molar refractivity (Wildman–Crippen MR) is 125 cm³/mol. The fraction of sp³-hybridized carbons (Fsp3) is 0.227. The number of carbonyl (C=O) groups is 1. The average Bonchev–Trinajstić information content (AvgIpc) is 3.34. The van der Waals surface area contributed by atoms with Gasteiger partial charge in [-0.05, 0) is 56.7 Å². The lowest BCUT2D eigenvalue weighted by molar-refractivity contribution is 0.102. The molecule has 166 valence electrons. The lowest BCUT2D eigenvalue weighted by Gasteiger charge is -2.15. The number of anilines is 1. The third-order valence-corrected chi connectivity index (χ3v) is 7.92. The highest BCUT2D eigenvalue weighted by Crippen LogP contribution is 2.32. The number of hydrogen-bond acceptors (Lipinski definition) is 7. The van der Waals surface area contributed by atoms with Crippen molar-refractivity contribution >= 4 is 44.1 Å². The summed E-state index contributed by atoms with van der Waals surface area (Å²) in [4.78, 5) is 20.0. The van der Waals surface area contributed by atoms with Crippen molar-refractivity contribution < 1.29 is 17.7 Å². The van der Waals surface area contributed by atoms with Crippen LogP contribution in [0.15, 0.2) is 45.8 Å². The Morgan fingerprint density at radius 2 is 1.84 bits per heavy atom. The molecule has 0 saturated carbocycles. The molecular weight excluding hydrogens is 448 g/mol. The number of rotatable bonds is 5. The van der Waals surface area contributed by atoms with Crippen molar-refractivity contribution in [3.8, 4) is 10.6 Å². The smallest absolute Gasteiger partial charge is 0.259 e. The standard InChI is InChI=1S/C22H22N4O4S2/c1-12-6-8-15(32(28,29)26(4)5)10-17(12)23-21(27)16-11-18(19-9-7-13(2)31-19)24-22-20(16)14(3)25-30-22/h6-11H,1-5H3,(H,23,27). The molecule has 4 aromatic rings. The minimum atomic E-state index is -3.64. The van der Waals surface area contributed by atoms with E-state index >= 15 is 0 Å². The maximum atomic E-state index is 13.3.